The standard InChI is InChI=1S/C22H24N4O2.ClH/c1-14-8-9-16(12-15(14)2)20(27)17-6-4-5-7-18(17)22-24-21(25-28-22)19-13-23-10-11-26(19)3;/h4-9,12,19,23H,10-11,13H2,1-3H3;1H. The van der Waals surface area contributed by atoms with Crippen LogP contribution in [0.15, 0.2) is 47.0 Å². The predicted molar refractivity (Wildman–Crippen MR) is 115 cm³/mol. The number of aromatic nitrogens is 2. The van der Waals surface area contributed by atoms with Crippen LogP contribution in [0.3, 0.4) is 0 Å². The van der Waals surface area contributed by atoms with Gasteiger partial charge >= 0.3 is 0 Å². The maximum absolute atomic E-state index is 13.2. The van der Waals surface area contributed by atoms with E-state index in [1.54, 1.807) is 0 Å². The summed E-state index contributed by atoms with van der Waals surface area (Å²) in [6, 6.07) is 13.2. The minimum absolute atomic E-state index is 0. The molecule has 0 radical (unpaired) electrons. The number of carbonyl (C=O) groups is 1. The molecule has 0 saturated carbocycles. The van der Waals surface area contributed by atoms with Crippen molar-refractivity contribution in [2.45, 2.75) is 19.9 Å². The second-order valence-electron chi connectivity index (χ2n) is 7.33. The summed E-state index contributed by atoms with van der Waals surface area (Å²) in [6.07, 6.45) is 0. The van der Waals surface area contributed by atoms with Crippen LogP contribution >= 0.6 is 12.4 Å². The zero-order valence-electron chi connectivity index (χ0n) is 16.8. The topological polar surface area (TPSA) is 71.3 Å². The Balaban J connectivity index is 0.00000240. The predicted octanol–water partition coefficient (Wildman–Crippen LogP) is 3.58. The summed E-state index contributed by atoms with van der Waals surface area (Å²) in [7, 11) is 2.05. The van der Waals surface area contributed by atoms with E-state index in [1.807, 2.05) is 56.3 Å². The summed E-state index contributed by atoms with van der Waals surface area (Å²) in [5, 5.41) is 7.54. The van der Waals surface area contributed by atoms with Gasteiger partial charge in [0.1, 0.15) is 0 Å². The number of rotatable bonds is 4. The van der Waals surface area contributed by atoms with E-state index in [1.165, 1.54) is 0 Å². The normalized spacial score (nSPS) is 17.0. The smallest absolute Gasteiger partial charge is 0.258 e. The van der Waals surface area contributed by atoms with Gasteiger partial charge in [0, 0.05) is 30.8 Å². The van der Waals surface area contributed by atoms with Gasteiger partial charge in [-0.15, -0.1) is 12.4 Å². The fourth-order valence-corrected chi connectivity index (χ4v) is 3.48. The van der Waals surface area contributed by atoms with Gasteiger partial charge in [0.15, 0.2) is 11.6 Å². The summed E-state index contributed by atoms with van der Waals surface area (Å²) < 4.78 is 5.55. The van der Waals surface area contributed by atoms with Gasteiger partial charge in [-0.05, 0) is 44.2 Å². The summed E-state index contributed by atoms with van der Waals surface area (Å²) >= 11 is 0. The van der Waals surface area contributed by atoms with Crippen molar-refractivity contribution in [1.29, 1.82) is 0 Å². The van der Waals surface area contributed by atoms with Crippen LogP contribution in [0.25, 0.3) is 11.5 Å². The highest BCUT2D eigenvalue weighted by Crippen LogP contribution is 2.27. The number of piperazine rings is 1. The molecule has 1 aliphatic heterocycles. The zero-order chi connectivity index (χ0) is 19.7. The van der Waals surface area contributed by atoms with Gasteiger partial charge in [-0.3, -0.25) is 9.69 Å². The van der Waals surface area contributed by atoms with Crippen LogP contribution in [-0.2, 0) is 0 Å². The Morgan fingerprint density at radius 1 is 1.17 bits per heavy atom. The second-order valence-corrected chi connectivity index (χ2v) is 7.33. The number of nitrogens with zero attached hydrogens (tertiary/aromatic N) is 3. The van der Waals surface area contributed by atoms with Crippen LogP contribution in [0.2, 0.25) is 0 Å². The van der Waals surface area contributed by atoms with Crippen LogP contribution in [0.1, 0.15) is 38.9 Å². The lowest BCUT2D eigenvalue weighted by atomic mass is 9.96. The quantitative estimate of drug-likeness (QED) is 0.660. The molecule has 2 heterocycles. The van der Waals surface area contributed by atoms with Crippen molar-refractivity contribution in [2.24, 2.45) is 0 Å². The first-order valence-electron chi connectivity index (χ1n) is 9.50. The van der Waals surface area contributed by atoms with Gasteiger partial charge in [-0.1, -0.05) is 35.5 Å². The molecule has 29 heavy (non-hydrogen) atoms. The highest BCUT2D eigenvalue weighted by molar-refractivity contribution is 6.12. The van der Waals surface area contributed by atoms with Gasteiger partial charge in [-0.25, -0.2) is 0 Å². The average Bonchev–Trinajstić information content (AvgIpc) is 3.20. The maximum Gasteiger partial charge on any atom is 0.258 e. The molecule has 1 unspecified atom stereocenters. The zero-order valence-corrected chi connectivity index (χ0v) is 17.6. The molecule has 1 aromatic heterocycles. The lowest BCUT2D eigenvalue weighted by Crippen LogP contribution is -2.44. The molecule has 1 atom stereocenters. The third-order valence-corrected chi connectivity index (χ3v) is 5.42. The van der Waals surface area contributed by atoms with E-state index >= 15 is 0 Å². The molecule has 0 bridgehead atoms. The van der Waals surface area contributed by atoms with Gasteiger partial charge in [0.05, 0.1) is 11.6 Å². The van der Waals surface area contributed by atoms with Crippen molar-refractivity contribution in [2.75, 3.05) is 26.7 Å². The third kappa shape index (κ3) is 4.24. The number of nitrogens with one attached hydrogen (secondary N) is 1. The van der Waals surface area contributed by atoms with E-state index in [2.05, 4.69) is 27.4 Å². The molecule has 1 saturated heterocycles. The van der Waals surface area contributed by atoms with Crippen molar-refractivity contribution in [3.63, 3.8) is 0 Å². The van der Waals surface area contributed by atoms with E-state index in [9.17, 15) is 4.79 Å². The highest BCUT2D eigenvalue weighted by atomic mass is 35.5. The summed E-state index contributed by atoms with van der Waals surface area (Å²) in [4.78, 5) is 20.0. The lowest BCUT2D eigenvalue weighted by Gasteiger charge is -2.30. The van der Waals surface area contributed by atoms with Crippen LogP contribution < -0.4 is 5.32 Å². The summed E-state index contributed by atoms with van der Waals surface area (Å²) in [6.45, 7) is 6.70. The number of hydrogen-bond acceptors (Lipinski definition) is 6. The minimum Gasteiger partial charge on any atom is -0.334 e. The number of aryl methyl sites for hydroxylation is 2. The molecule has 0 spiro atoms. The highest BCUT2D eigenvalue weighted by Gasteiger charge is 2.26. The first-order chi connectivity index (χ1) is 13.5. The molecule has 1 fully saturated rings. The number of benzene rings is 2. The lowest BCUT2D eigenvalue weighted by molar-refractivity contribution is 0.103. The number of ketones is 1. The Kier molecular flexibility index (Phi) is 6.47. The Bertz CT molecular complexity index is 1020. The molecule has 152 valence electrons. The summed E-state index contributed by atoms with van der Waals surface area (Å²) in [5.41, 5.74) is 4.14. The van der Waals surface area contributed by atoms with Crippen LogP contribution in [0.4, 0.5) is 0 Å². The minimum atomic E-state index is -0.0464. The Hall–Kier alpha value is -2.54. The fourth-order valence-electron chi connectivity index (χ4n) is 3.48. The van der Waals surface area contributed by atoms with Crippen molar-refractivity contribution >= 4 is 18.2 Å². The number of likely N-dealkylation sites (N-methyl/N-ethyl adjacent to an activating group) is 1. The molecular formula is C22H25ClN4O2. The molecular weight excluding hydrogens is 388 g/mol. The number of hydrogen-bond donors (Lipinski definition) is 1. The van der Waals surface area contributed by atoms with Crippen molar-refractivity contribution in [1.82, 2.24) is 20.4 Å². The molecule has 0 amide bonds. The molecule has 0 aliphatic carbocycles. The number of halogens is 1. The first-order valence-corrected chi connectivity index (χ1v) is 9.50. The largest absolute Gasteiger partial charge is 0.334 e. The SMILES string of the molecule is Cc1ccc(C(=O)c2ccccc2-c2nc(C3CNCCN3C)no2)cc1C.Cl. The van der Waals surface area contributed by atoms with Crippen LogP contribution in [0, 0.1) is 13.8 Å². The van der Waals surface area contributed by atoms with Gasteiger partial charge < -0.3 is 9.84 Å². The van der Waals surface area contributed by atoms with E-state index in [-0.39, 0.29) is 24.2 Å². The van der Waals surface area contributed by atoms with Crippen molar-refractivity contribution in [3.05, 3.63) is 70.5 Å². The number of carbonyl (C=O) groups excluding carboxylic acids is 1. The molecule has 7 heteroatoms. The molecule has 4 rings (SSSR count). The molecule has 6 nitrogen and oxygen atoms in total. The van der Waals surface area contributed by atoms with Crippen LogP contribution in [0.5, 0.6) is 0 Å². The van der Waals surface area contributed by atoms with Crippen LogP contribution in [-0.4, -0.2) is 47.5 Å². The Labute approximate surface area is 176 Å². The third-order valence-electron chi connectivity index (χ3n) is 5.42. The van der Waals surface area contributed by atoms with Crippen molar-refractivity contribution < 1.29 is 9.32 Å². The van der Waals surface area contributed by atoms with E-state index < -0.39 is 0 Å². The molecule has 2 aromatic carbocycles. The monoisotopic (exact) mass is 412 g/mol. The molecule has 1 N–H and O–H groups in total. The maximum atomic E-state index is 13.2. The van der Waals surface area contributed by atoms with Gasteiger partial charge in [0.25, 0.3) is 5.89 Å². The second kappa shape index (κ2) is 8.86. The van der Waals surface area contributed by atoms with E-state index in [4.69, 9.17) is 4.52 Å². The first kappa shape index (κ1) is 21.2. The van der Waals surface area contributed by atoms with E-state index in [0.717, 1.165) is 30.8 Å². The van der Waals surface area contributed by atoms with Gasteiger partial charge in [-0.2, -0.15) is 4.98 Å². The Morgan fingerprint density at radius 2 is 1.97 bits per heavy atom. The van der Waals surface area contributed by atoms with E-state index in [0.29, 0.717) is 28.4 Å². The average molecular weight is 413 g/mol. The fraction of sp³-hybridized carbons (Fsp3) is 0.318. The Morgan fingerprint density at radius 3 is 2.72 bits per heavy atom. The van der Waals surface area contributed by atoms with Crippen molar-refractivity contribution in [3.8, 4) is 11.5 Å². The summed E-state index contributed by atoms with van der Waals surface area (Å²) in [5.74, 6) is 0.967. The molecule has 3 aromatic rings. The molecule has 1 aliphatic rings. The van der Waals surface area contributed by atoms with Gasteiger partial charge in [0.2, 0.25) is 0 Å².